The number of hydrogen-bond acceptors (Lipinski definition) is 3. The highest BCUT2D eigenvalue weighted by Gasteiger charge is 2.32. The minimum absolute atomic E-state index is 0.0235. The molecular weight excluding hydrogens is 270 g/mol. The maximum Gasteiger partial charge on any atom is 0.308 e. The molecule has 1 amide bonds. The monoisotopic (exact) mass is 291 g/mol. The van der Waals surface area contributed by atoms with Gasteiger partial charge in [0, 0.05) is 19.0 Å². The number of carboxylic acids is 1. The van der Waals surface area contributed by atoms with Gasteiger partial charge in [0.2, 0.25) is 5.91 Å². The SMILES string of the molecule is C[C@@H](CCOc1ccccc1)C(=O)N1CC[C@@H](C(=O)O)C1. The Kier molecular flexibility index (Phi) is 5.20. The van der Waals surface area contributed by atoms with Gasteiger partial charge in [-0.3, -0.25) is 9.59 Å². The number of ether oxygens (including phenoxy) is 1. The zero-order chi connectivity index (χ0) is 15.2. The third kappa shape index (κ3) is 4.21. The Morgan fingerprint density at radius 3 is 2.71 bits per heavy atom. The Morgan fingerprint density at radius 2 is 2.10 bits per heavy atom. The Bertz CT molecular complexity index is 488. The molecule has 0 bridgehead atoms. The van der Waals surface area contributed by atoms with E-state index in [9.17, 15) is 9.59 Å². The van der Waals surface area contributed by atoms with E-state index in [1.54, 1.807) is 4.90 Å². The lowest BCUT2D eigenvalue weighted by Gasteiger charge is -2.20. The van der Waals surface area contributed by atoms with E-state index < -0.39 is 11.9 Å². The molecule has 1 aliphatic rings. The zero-order valence-electron chi connectivity index (χ0n) is 12.2. The van der Waals surface area contributed by atoms with Crippen molar-refractivity contribution in [3.05, 3.63) is 30.3 Å². The topological polar surface area (TPSA) is 66.8 Å². The van der Waals surface area contributed by atoms with E-state index in [2.05, 4.69) is 0 Å². The van der Waals surface area contributed by atoms with Crippen molar-refractivity contribution in [3.63, 3.8) is 0 Å². The quantitative estimate of drug-likeness (QED) is 0.871. The largest absolute Gasteiger partial charge is 0.494 e. The van der Waals surface area contributed by atoms with Gasteiger partial charge >= 0.3 is 5.97 Å². The molecule has 2 rings (SSSR count). The Labute approximate surface area is 124 Å². The van der Waals surface area contributed by atoms with E-state index in [0.29, 0.717) is 32.5 Å². The number of amides is 1. The van der Waals surface area contributed by atoms with Crippen LogP contribution >= 0.6 is 0 Å². The molecule has 1 heterocycles. The molecule has 0 radical (unpaired) electrons. The fourth-order valence-electron chi connectivity index (χ4n) is 2.47. The van der Waals surface area contributed by atoms with Crippen molar-refractivity contribution in [2.45, 2.75) is 19.8 Å². The lowest BCUT2D eigenvalue weighted by atomic mass is 10.1. The van der Waals surface area contributed by atoms with Gasteiger partial charge in [-0.25, -0.2) is 0 Å². The second-order valence-electron chi connectivity index (χ2n) is 5.46. The number of likely N-dealkylation sites (tertiary alicyclic amines) is 1. The van der Waals surface area contributed by atoms with Crippen molar-refractivity contribution in [1.29, 1.82) is 0 Å². The third-order valence-electron chi connectivity index (χ3n) is 3.83. The number of carboxylic acid groups (broad SMARTS) is 1. The molecule has 0 aliphatic carbocycles. The molecule has 1 aromatic carbocycles. The second-order valence-corrected chi connectivity index (χ2v) is 5.46. The summed E-state index contributed by atoms with van der Waals surface area (Å²) in [6, 6.07) is 9.49. The minimum atomic E-state index is -0.814. The standard InChI is InChI=1S/C16H21NO4/c1-12(8-10-21-14-5-3-2-4-6-14)15(18)17-9-7-13(11-17)16(19)20/h2-6,12-13H,7-11H2,1H3,(H,19,20)/t12-,13+/m0/s1. The summed E-state index contributed by atoms with van der Waals surface area (Å²) < 4.78 is 5.58. The maximum atomic E-state index is 12.2. The van der Waals surface area contributed by atoms with Crippen LogP contribution in [0.2, 0.25) is 0 Å². The van der Waals surface area contributed by atoms with E-state index in [-0.39, 0.29) is 11.8 Å². The molecule has 0 unspecified atom stereocenters. The van der Waals surface area contributed by atoms with Crippen LogP contribution in [0.4, 0.5) is 0 Å². The van der Waals surface area contributed by atoms with E-state index >= 15 is 0 Å². The van der Waals surface area contributed by atoms with Crippen molar-refractivity contribution < 1.29 is 19.4 Å². The highest BCUT2D eigenvalue weighted by atomic mass is 16.5. The molecule has 1 aliphatic heterocycles. The van der Waals surface area contributed by atoms with E-state index in [1.165, 1.54) is 0 Å². The normalized spacial score (nSPS) is 19.3. The lowest BCUT2D eigenvalue weighted by Crippen LogP contribution is -2.34. The van der Waals surface area contributed by atoms with Crippen molar-refractivity contribution in [2.24, 2.45) is 11.8 Å². The second kappa shape index (κ2) is 7.11. The van der Waals surface area contributed by atoms with Gasteiger partial charge < -0.3 is 14.7 Å². The molecule has 5 nitrogen and oxygen atoms in total. The first kappa shape index (κ1) is 15.4. The first-order chi connectivity index (χ1) is 10.1. The minimum Gasteiger partial charge on any atom is -0.494 e. The summed E-state index contributed by atoms with van der Waals surface area (Å²) in [6.07, 6.45) is 1.18. The average molecular weight is 291 g/mol. The van der Waals surface area contributed by atoms with E-state index in [4.69, 9.17) is 9.84 Å². The van der Waals surface area contributed by atoms with Gasteiger partial charge in [-0.15, -0.1) is 0 Å². The van der Waals surface area contributed by atoms with Crippen LogP contribution in [-0.2, 0) is 9.59 Å². The van der Waals surface area contributed by atoms with Crippen molar-refractivity contribution in [1.82, 2.24) is 4.90 Å². The predicted octanol–water partition coefficient (Wildman–Crippen LogP) is 2.02. The predicted molar refractivity (Wildman–Crippen MR) is 78.0 cm³/mol. The van der Waals surface area contributed by atoms with Crippen LogP contribution in [-0.4, -0.2) is 41.6 Å². The van der Waals surface area contributed by atoms with Gasteiger partial charge in [0.05, 0.1) is 12.5 Å². The Balaban J connectivity index is 1.74. The molecule has 0 saturated carbocycles. The van der Waals surface area contributed by atoms with Gasteiger partial charge in [0.25, 0.3) is 0 Å². The molecule has 5 heteroatoms. The molecule has 2 atom stereocenters. The maximum absolute atomic E-state index is 12.2. The van der Waals surface area contributed by atoms with E-state index in [1.807, 2.05) is 37.3 Å². The molecule has 21 heavy (non-hydrogen) atoms. The third-order valence-corrected chi connectivity index (χ3v) is 3.83. The molecule has 1 fully saturated rings. The van der Waals surface area contributed by atoms with Gasteiger partial charge in [0.15, 0.2) is 0 Å². The molecule has 0 aromatic heterocycles. The van der Waals surface area contributed by atoms with Crippen LogP contribution in [0.5, 0.6) is 5.75 Å². The van der Waals surface area contributed by atoms with Crippen molar-refractivity contribution in [3.8, 4) is 5.75 Å². The van der Waals surface area contributed by atoms with Crippen molar-refractivity contribution >= 4 is 11.9 Å². The molecule has 1 aromatic rings. The highest BCUT2D eigenvalue weighted by molar-refractivity contribution is 5.80. The number of carbonyl (C=O) groups excluding carboxylic acids is 1. The summed E-state index contributed by atoms with van der Waals surface area (Å²) in [5.41, 5.74) is 0. The number of para-hydroxylation sites is 1. The summed E-state index contributed by atoms with van der Waals surface area (Å²) in [5.74, 6) is -0.562. The van der Waals surface area contributed by atoms with E-state index in [0.717, 1.165) is 5.75 Å². The van der Waals surface area contributed by atoms with Crippen LogP contribution in [0, 0.1) is 11.8 Å². The van der Waals surface area contributed by atoms with Crippen LogP contribution in [0.15, 0.2) is 30.3 Å². The Morgan fingerprint density at radius 1 is 1.38 bits per heavy atom. The van der Waals surface area contributed by atoms with Gasteiger partial charge in [-0.05, 0) is 25.0 Å². The molecule has 1 saturated heterocycles. The lowest BCUT2D eigenvalue weighted by molar-refractivity contribution is -0.141. The fourth-order valence-corrected chi connectivity index (χ4v) is 2.47. The van der Waals surface area contributed by atoms with Crippen LogP contribution in [0.25, 0.3) is 0 Å². The number of hydrogen-bond donors (Lipinski definition) is 1. The van der Waals surface area contributed by atoms with Gasteiger partial charge in [0.1, 0.15) is 5.75 Å². The summed E-state index contributed by atoms with van der Waals surface area (Å²) in [7, 11) is 0. The average Bonchev–Trinajstić information content (AvgIpc) is 2.97. The molecule has 0 spiro atoms. The van der Waals surface area contributed by atoms with Crippen LogP contribution in [0.3, 0.4) is 0 Å². The molecular formula is C16H21NO4. The van der Waals surface area contributed by atoms with Crippen molar-refractivity contribution in [2.75, 3.05) is 19.7 Å². The highest BCUT2D eigenvalue weighted by Crippen LogP contribution is 2.20. The van der Waals surface area contributed by atoms with Gasteiger partial charge in [-0.1, -0.05) is 25.1 Å². The summed E-state index contributed by atoms with van der Waals surface area (Å²) in [5, 5.41) is 8.96. The van der Waals surface area contributed by atoms with Gasteiger partial charge in [-0.2, -0.15) is 0 Å². The Hall–Kier alpha value is -2.04. The fraction of sp³-hybridized carbons (Fsp3) is 0.500. The van der Waals surface area contributed by atoms with Crippen LogP contribution in [0.1, 0.15) is 19.8 Å². The number of rotatable bonds is 6. The number of nitrogens with zero attached hydrogens (tertiary/aromatic N) is 1. The number of carbonyl (C=O) groups is 2. The smallest absolute Gasteiger partial charge is 0.308 e. The summed E-state index contributed by atoms with van der Waals surface area (Å²) in [6.45, 7) is 3.22. The first-order valence-electron chi connectivity index (χ1n) is 7.27. The number of aliphatic carboxylic acids is 1. The van der Waals surface area contributed by atoms with Crippen LogP contribution < -0.4 is 4.74 Å². The zero-order valence-corrected chi connectivity index (χ0v) is 12.2. The molecule has 114 valence electrons. The number of benzene rings is 1. The summed E-state index contributed by atoms with van der Waals surface area (Å²) in [4.78, 5) is 24.8. The molecule has 1 N–H and O–H groups in total. The summed E-state index contributed by atoms with van der Waals surface area (Å²) >= 11 is 0. The first-order valence-corrected chi connectivity index (χ1v) is 7.27.